The molecule has 2 N–H and O–H groups in total. The fraction of sp³-hybridized carbons (Fsp3) is 0.192. The molecule has 1 aliphatic heterocycles. The number of hydrogen-bond donors (Lipinski definition) is 2. The predicted molar refractivity (Wildman–Crippen MR) is 129 cm³/mol. The Kier molecular flexibility index (Phi) is 6.60. The van der Waals surface area contributed by atoms with Gasteiger partial charge in [-0.05, 0) is 54.6 Å². The monoisotopic (exact) mass is 475 g/mol. The minimum absolute atomic E-state index is 0.0258. The normalized spacial score (nSPS) is 14.1. The van der Waals surface area contributed by atoms with E-state index in [-0.39, 0.29) is 5.56 Å². The molecule has 0 saturated carbocycles. The highest BCUT2D eigenvalue weighted by Gasteiger charge is 2.12. The maximum Gasteiger partial charge on any atom is 0.255 e. The van der Waals surface area contributed by atoms with E-state index in [2.05, 4.69) is 20.5 Å². The van der Waals surface area contributed by atoms with Crippen LogP contribution in [0, 0.1) is 11.6 Å². The maximum absolute atomic E-state index is 13.4. The molecule has 0 atom stereocenters. The molecule has 9 heteroatoms. The van der Waals surface area contributed by atoms with Crippen LogP contribution in [0.15, 0.2) is 66.9 Å². The quantitative estimate of drug-likeness (QED) is 0.432. The number of nitrogens with one attached hydrogen (secondary N) is 2. The highest BCUT2D eigenvalue weighted by atomic mass is 19.2. The van der Waals surface area contributed by atoms with Crippen molar-refractivity contribution in [1.82, 2.24) is 20.2 Å². The number of aromatic nitrogens is 2. The van der Waals surface area contributed by atoms with Crippen LogP contribution in [-0.4, -0.2) is 47.0 Å². The molecule has 35 heavy (non-hydrogen) atoms. The average Bonchev–Trinajstić information content (AvgIpc) is 2.87. The zero-order valence-electron chi connectivity index (χ0n) is 18.8. The summed E-state index contributed by atoms with van der Waals surface area (Å²) in [7, 11) is 0. The van der Waals surface area contributed by atoms with Crippen molar-refractivity contribution in [2.24, 2.45) is 0 Å². The number of anilines is 1. The molecular weight excluding hydrogens is 452 g/mol. The molecule has 1 aliphatic rings. The summed E-state index contributed by atoms with van der Waals surface area (Å²) in [5.41, 5.74) is 2.98. The third kappa shape index (κ3) is 5.59. The number of fused-ring (bicyclic) bond motifs is 1. The molecule has 1 fully saturated rings. The number of carbonyl (C=O) groups excluding carboxylic acids is 1. The lowest BCUT2D eigenvalue weighted by Gasteiger charge is -2.26. The number of carbonyl (C=O) groups is 1. The highest BCUT2D eigenvalue weighted by Crippen LogP contribution is 2.26. The van der Waals surface area contributed by atoms with Crippen LogP contribution >= 0.6 is 0 Å². The summed E-state index contributed by atoms with van der Waals surface area (Å²) in [4.78, 5) is 23.9. The van der Waals surface area contributed by atoms with Crippen molar-refractivity contribution < 1.29 is 18.3 Å². The van der Waals surface area contributed by atoms with E-state index in [9.17, 15) is 13.6 Å². The Morgan fingerprint density at radius 3 is 2.49 bits per heavy atom. The van der Waals surface area contributed by atoms with Gasteiger partial charge in [0.15, 0.2) is 11.6 Å². The molecule has 178 valence electrons. The number of benzene rings is 3. The Labute approximate surface area is 200 Å². The van der Waals surface area contributed by atoms with Gasteiger partial charge in [-0.3, -0.25) is 14.7 Å². The first-order chi connectivity index (χ1) is 17.0. The molecule has 0 bridgehead atoms. The van der Waals surface area contributed by atoms with Crippen LogP contribution in [0.2, 0.25) is 0 Å². The molecule has 5 rings (SSSR count). The van der Waals surface area contributed by atoms with Gasteiger partial charge >= 0.3 is 0 Å². The first-order valence-electron chi connectivity index (χ1n) is 11.3. The van der Waals surface area contributed by atoms with Gasteiger partial charge in [0, 0.05) is 50.0 Å². The first-order valence-corrected chi connectivity index (χ1v) is 11.3. The van der Waals surface area contributed by atoms with Gasteiger partial charge in [-0.1, -0.05) is 0 Å². The minimum atomic E-state index is -1.07. The van der Waals surface area contributed by atoms with Gasteiger partial charge in [-0.25, -0.2) is 13.8 Å². The van der Waals surface area contributed by atoms with E-state index >= 15 is 0 Å². The lowest BCUT2D eigenvalue weighted by atomic mass is 10.2. The maximum atomic E-state index is 13.4. The van der Waals surface area contributed by atoms with Gasteiger partial charge < -0.3 is 15.4 Å². The predicted octanol–water partition coefficient (Wildman–Crippen LogP) is 4.36. The highest BCUT2D eigenvalue weighted by molar-refractivity contribution is 6.04. The summed E-state index contributed by atoms with van der Waals surface area (Å²) in [5, 5.41) is 5.99. The summed E-state index contributed by atoms with van der Waals surface area (Å²) < 4.78 is 32.4. The van der Waals surface area contributed by atoms with Crippen LogP contribution in [0.25, 0.3) is 11.0 Å². The van der Waals surface area contributed by atoms with Gasteiger partial charge in [-0.15, -0.1) is 0 Å². The lowest BCUT2D eigenvalue weighted by molar-refractivity contribution is 0.102. The summed E-state index contributed by atoms with van der Waals surface area (Å²) in [6, 6.07) is 15.3. The van der Waals surface area contributed by atoms with Crippen LogP contribution in [0.5, 0.6) is 11.5 Å². The van der Waals surface area contributed by atoms with E-state index in [1.807, 2.05) is 24.4 Å². The SMILES string of the molecule is O=C(Nc1ccc(Oc2ccc3ncc(CN4CCNCC4)nc3c2)cc1)c1ccc(F)c(F)c1. The first kappa shape index (κ1) is 22.8. The smallest absolute Gasteiger partial charge is 0.255 e. The second-order valence-electron chi connectivity index (χ2n) is 8.25. The summed E-state index contributed by atoms with van der Waals surface area (Å²) in [6.45, 7) is 4.69. The van der Waals surface area contributed by atoms with Gasteiger partial charge in [0.05, 0.1) is 22.9 Å². The fourth-order valence-electron chi connectivity index (χ4n) is 3.85. The third-order valence-corrected chi connectivity index (χ3v) is 5.69. The molecule has 0 aliphatic carbocycles. The summed E-state index contributed by atoms with van der Waals surface area (Å²) >= 11 is 0. The molecule has 3 aromatic carbocycles. The van der Waals surface area contributed by atoms with Crippen LogP contribution in [0.3, 0.4) is 0 Å². The van der Waals surface area contributed by atoms with E-state index < -0.39 is 17.5 Å². The van der Waals surface area contributed by atoms with Gasteiger partial charge in [0.2, 0.25) is 0 Å². The minimum Gasteiger partial charge on any atom is -0.457 e. The third-order valence-electron chi connectivity index (χ3n) is 5.69. The topological polar surface area (TPSA) is 79.4 Å². The van der Waals surface area contributed by atoms with Crippen LogP contribution < -0.4 is 15.4 Å². The number of hydrogen-bond acceptors (Lipinski definition) is 6. The zero-order valence-corrected chi connectivity index (χ0v) is 18.8. The number of halogens is 2. The van der Waals surface area contributed by atoms with E-state index in [0.29, 0.717) is 17.2 Å². The standard InChI is InChI=1S/C26H23F2N5O2/c27-22-7-1-17(13-23(22)28)26(34)32-18-2-4-20(5-3-18)35-21-6-8-24-25(14-21)31-19(15-30-24)16-33-11-9-29-10-12-33/h1-8,13-15,29H,9-12,16H2,(H,32,34). The van der Waals surface area contributed by atoms with Crippen molar-refractivity contribution in [3.05, 3.63) is 89.8 Å². The van der Waals surface area contributed by atoms with E-state index in [1.165, 1.54) is 6.07 Å². The van der Waals surface area contributed by atoms with E-state index in [0.717, 1.165) is 61.6 Å². The van der Waals surface area contributed by atoms with Gasteiger partial charge in [-0.2, -0.15) is 0 Å². The molecule has 4 aromatic rings. The summed E-state index contributed by atoms with van der Waals surface area (Å²) in [5.74, 6) is -1.43. The van der Waals surface area contributed by atoms with E-state index in [4.69, 9.17) is 9.72 Å². The molecule has 7 nitrogen and oxygen atoms in total. The van der Waals surface area contributed by atoms with Crippen molar-refractivity contribution in [2.75, 3.05) is 31.5 Å². The Morgan fingerprint density at radius 1 is 0.943 bits per heavy atom. The molecule has 1 amide bonds. The van der Waals surface area contributed by atoms with Crippen molar-refractivity contribution in [3.63, 3.8) is 0 Å². The molecule has 0 unspecified atom stereocenters. The molecule has 2 heterocycles. The van der Waals surface area contributed by atoms with Crippen molar-refractivity contribution >= 4 is 22.6 Å². The molecular formula is C26H23F2N5O2. The number of nitrogens with zero attached hydrogens (tertiary/aromatic N) is 3. The zero-order chi connectivity index (χ0) is 24.2. The van der Waals surface area contributed by atoms with Crippen LogP contribution in [0.1, 0.15) is 16.1 Å². The van der Waals surface area contributed by atoms with Crippen molar-refractivity contribution in [2.45, 2.75) is 6.54 Å². The fourth-order valence-corrected chi connectivity index (χ4v) is 3.85. The molecule has 0 spiro atoms. The van der Waals surface area contributed by atoms with Crippen LogP contribution in [-0.2, 0) is 6.54 Å². The second kappa shape index (κ2) is 10.1. The number of amides is 1. The number of piperazine rings is 1. The Morgan fingerprint density at radius 2 is 1.71 bits per heavy atom. The Hall–Kier alpha value is -3.95. The number of rotatable bonds is 6. The Bertz CT molecular complexity index is 1360. The van der Waals surface area contributed by atoms with E-state index in [1.54, 1.807) is 24.3 Å². The van der Waals surface area contributed by atoms with Gasteiger partial charge in [0.1, 0.15) is 11.5 Å². The number of ether oxygens (including phenoxy) is 1. The van der Waals surface area contributed by atoms with Crippen molar-refractivity contribution in [3.8, 4) is 11.5 Å². The molecule has 1 aromatic heterocycles. The van der Waals surface area contributed by atoms with Crippen LogP contribution in [0.4, 0.5) is 14.5 Å². The van der Waals surface area contributed by atoms with Gasteiger partial charge in [0.25, 0.3) is 5.91 Å². The molecule has 0 radical (unpaired) electrons. The summed E-state index contributed by atoms with van der Waals surface area (Å²) in [6.07, 6.45) is 1.82. The molecule has 1 saturated heterocycles. The largest absolute Gasteiger partial charge is 0.457 e. The average molecular weight is 475 g/mol. The van der Waals surface area contributed by atoms with Crippen molar-refractivity contribution in [1.29, 1.82) is 0 Å². The lowest BCUT2D eigenvalue weighted by Crippen LogP contribution is -2.43. The Balaban J connectivity index is 1.25. The second-order valence-corrected chi connectivity index (χ2v) is 8.25.